The highest BCUT2D eigenvalue weighted by atomic mass is 32.2. The fourth-order valence-corrected chi connectivity index (χ4v) is 4.63. The van der Waals surface area contributed by atoms with Gasteiger partial charge < -0.3 is 9.73 Å². The van der Waals surface area contributed by atoms with Gasteiger partial charge >= 0.3 is 0 Å². The Bertz CT molecular complexity index is 1460. The van der Waals surface area contributed by atoms with Crippen LogP contribution in [0.5, 0.6) is 0 Å². The Morgan fingerprint density at radius 3 is 2.45 bits per heavy atom. The molecule has 0 saturated heterocycles. The van der Waals surface area contributed by atoms with E-state index >= 15 is 0 Å². The summed E-state index contributed by atoms with van der Waals surface area (Å²) in [6, 6.07) is 20.2. The van der Waals surface area contributed by atoms with Crippen LogP contribution in [0.15, 0.2) is 80.8 Å². The minimum Gasteiger partial charge on any atom is -0.455 e. The van der Waals surface area contributed by atoms with Crippen molar-refractivity contribution in [3.8, 4) is 17.5 Å². The number of hydrogen-bond donors (Lipinski definition) is 2. The Balaban J connectivity index is 1.85. The van der Waals surface area contributed by atoms with Crippen LogP contribution in [0.2, 0.25) is 0 Å². The summed E-state index contributed by atoms with van der Waals surface area (Å²) in [7, 11) is -1.68. The largest absolute Gasteiger partial charge is 0.455 e. The number of para-hydroxylation sites is 1. The lowest BCUT2D eigenvalue weighted by Crippen LogP contribution is -2.15. The molecule has 0 bridgehead atoms. The van der Waals surface area contributed by atoms with Crippen LogP contribution in [0.25, 0.3) is 22.3 Å². The molecule has 4 rings (SSSR count). The van der Waals surface area contributed by atoms with E-state index in [1.54, 1.807) is 31.3 Å². The predicted molar refractivity (Wildman–Crippen MR) is 131 cm³/mol. The molecule has 2 atom stereocenters. The summed E-state index contributed by atoms with van der Waals surface area (Å²) in [6.07, 6.45) is 1.72. The van der Waals surface area contributed by atoms with E-state index in [1.807, 2.05) is 62.4 Å². The summed E-state index contributed by atoms with van der Waals surface area (Å²) in [4.78, 5) is 13.7. The van der Waals surface area contributed by atoms with Crippen LogP contribution >= 0.6 is 0 Å². The van der Waals surface area contributed by atoms with Gasteiger partial charge in [0.1, 0.15) is 11.3 Å². The van der Waals surface area contributed by atoms with E-state index in [0.717, 1.165) is 16.7 Å². The predicted octanol–water partition coefficient (Wildman–Crippen LogP) is 5.34. The number of nitrogens with zero attached hydrogens (tertiary/aromatic N) is 1. The van der Waals surface area contributed by atoms with Gasteiger partial charge in [-0.1, -0.05) is 48.5 Å². The number of nitriles is 1. The molecule has 6 nitrogen and oxygen atoms in total. The summed E-state index contributed by atoms with van der Waals surface area (Å²) in [6.45, 7) is 5.67. The SMILES string of the molecule is Cc1cc(C(C)Nc2ccccc2S(=O)NC#N)c2oc(-c3ccccc3)c(C)c(=O)c2c1. The Morgan fingerprint density at radius 2 is 1.73 bits per heavy atom. The first kappa shape index (κ1) is 22.3. The molecule has 0 amide bonds. The van der Waals surface area contributed by atoms with Crippen molar-refractivity contribution in [1.82, 2.24) is 4.72 Å². The standard InChI is InChI=1S/C26H23N3O3S/c1-16-13-20(18(3)29-22-11-7-8-12-23(22)33(31)28-15-27)26-21(14-16)24(30)17(2)25(32-26)19-9-5-4-6-10-19/h4-14,18,28-29H,1-3H3. The van der Waals surface area contributed by atoms with Gasteiger partial charge in [0.15, 0.2) is 22.6 Å². The first-order valence-electron chi connectivity index (χ1n) is 10.5. The van der Waals surface area contributed by atoms with Crippen LogP contribution in [0.1, 0.15) is 29.7 Å². The topological polar surface area (TPSA) is 95.1 Å². The van der Waals surface area contributed by atoms with Crippen molar-refractivity contribution >= 4 is 27.6 Å². The van der Waals surface area contributed by atoms with Crippen molar-refractivity contribution in [3.05, 3.63) is 93.6 Å². The molecule has 0 aliphatic rings. The summed E-state index contributed by atoms with van der Waals surface area (Å²) >= 11 is 0. The van der Waals surface area contributed by atoms with Crippen molar-refractivity contribution < 1.29 is 8.63 Å². The molecule has 0 spiro atoms. The monoisotopic (exact) mass is 457 g/mol. The highest BCUT2D eigenvalue weighted by Gasteiger charge is 2.20. The average Bonchev–Trinajstić information content (AvgIpc) is 2.82. The molecule has 4 aromatic rings. The molecule has 0 saturated carbocycles. The molecule has 0 aliphatic heterocycles. The molecular weight excluding hydrogens is 434 g/mol. The minimum atomic E-state index is -1.68. The number of aryl methyl sites for hydroxylation is 1. The highest BCUT2D eigenvalue weighted by molar-refractivity contribution is 7.83. The molecule has 0 fully saturated rings. The van der Waals surface area contributed by atoms with Gasteiger partial charge in [0.2, 0.25) is 0 Å². The third kappa shape index (κ3) is 4.38. The van der Waals surface area contributed by atoms with Crippen LogP contribution < -0.4 is 15.5 Å². The maximum Gasteiger partial charge on any atom is 0.196 e. The van der Waals surface area contributed by atoms with Gasteiger partial charge in [-0.15, -0.1) is 0 Å². The smallest absolute Gasteiger partial charge is 0.196 e. The lowest BCUT2D eigenvalue weighted by molar-refractivity contribution is 0.605. The molecule has 1 heterocycles. The molecule has 0 radical (unpaired) electrons. The maximum absolute atomic E-state index is 13.3. The van der Waals surface area contributed by atoms with E-state index in [-0.39, 0.29) is 11.5 Å². The quantitative estimate of drug-likeness (QED) is 0.301. The first-order valence-corrected chi connectivity index (χ1v) is 11.6. The van der Waals surface area contributed by atoms with Gasteiger partial charge in [0, 0.05) is 16.7 Å². The molecule has 33 heavy (non-hydrogen) atoms. The molecule has 1 aromatic heterocycles. The Kier molecular flexibility index (Phi) is 6.29. The number of rotatable bonds is 6. The minimum absolute atomic E-state index is 0.0630. The van der Waals surface area contributed by atoms with Crippen LogP contribution in [0.3, 0.4) is 0 Å². The second-order valence-electron chi connectivity index (χ2n) is 7.83. The van der Waals surface area contributed by atoms with Gasteiger partial charge in [-0.3, -0.25) is 4.79 Å². The van der Waals surface area contributed by atoms with Gasteiger partial charge in [-0.2, -0.15) is 5.26 Å². The zero-order valence-corrected chi connectivity index (χ0v) is 19.3. The second kappa shape index (κ2) is 9.31. The van der Waals surface area contributed by atoms with Crippen molar-refractivity contribution in [3.63, 3.8) is 0 Å². The summed E-state index contributed by atoms with van der Waals surface area (Å²) in [5.74, 6) is 0.546. The van der Waals surface area contributed by atoms with Gasteiger partial charge in [0.05, 0.1) is 22.0 Å². The number of anilines is 1. The Hall–Kier alpha value is -3.89. The average molecular weight is 458 g/mol. The highest BCUT2D eigenvalue weighted by Crippen LogP contribution is 2.32. The lowest BCUT2D eigenvalue weighted by Gasteiger charge is -2.20. The first-order chi connectivity index (χ1) is 15.9. The molecule has 2 N–H and O–H groups in total. The van der Waals surface area contributed by atoms with Crippen LogP contribution in [0, 0.1) is 25.3 Å². The number of hydrogen-bond acceptors (Lipinski definition) is 5. The summed E-state index contributed by atoms with van der Waals surface area (Å²) in [5, 5.41) is 12.8. The number of nitrogens with one attached hydrogen (secondary N) is 2. The summed E-state index contributed by atoms with van der Waals surface area (Å²) < 4.78 is 21.0. The van der Waals surface area contributed by atoms with Crippen molar-refractivity contribution in [2.24, 2.45) is 0 Å². The lowest BCUT2D eigenvalue weighted by atomic mass is 9.99. The van der Waals surface area contributed by atoms with Crippen LogP contribution in [-0.4, -0.2) is 4.21 Å². The third-order valence-corrected chi connectivity index (χ3v) is 6.52. The van der Waals surface area contributed by atoms with E-state index in [0.29, 0.717) is 32.9 Å². The fourth-order valence-electron chi connectivity index (χ4n) is 3.91. The third-order valence-electron chi connectivity index (χ3n) is 5.49. The van der Waals surface area contributed by atoms with Crippen molar-refractivity contribution in [1.29, 1.82) is 5.26 Å². The molecule has 166 valence electrons. The Morgan fingerprint density at radius 1 is 1.03 bits per heavy atom. The van der Waals surface area contributed by atoms with Gasteiger partial charge in [-0.05, 0) is 44.5 Å². The number of fused-ring (bicyclic) bond motifs is 1. The number of benzene rings is 3. The van der Waals surface area contributed by atoms with E-state index in [1.165, 1.54) is 0 Å². The molecule has 2 unspecified atom stereocenters. The normalized spacial score (nSPS) is 12.7. The molecular formula is C26H23N3O3S. The van der Waals surface area contributed by atoms with Gasteiger partial charge in [0.25, 0.3) is 0 Å². The Labute approximate surface area is 194 Å². The van der Waals surface area contributed by atoms with Crippen molar-refractivity contribution in [2.45, 2.75) is 31.7 Å². The van der Waals surface area contributed by atoms with Crippen LogP contribution in [-0.2, 0) is 11.0 Å². The van der Waals surface area contributed by atoms with E-state index < -0.39 is 11.0 Å². The molecule has 0 aliphatic carbocycles. The maximum atomic E-state index is 13.3. The van der Waals surface area contributed by atoms with Gasteiger partial charge in [-0.25, -0.2) is 8.93 Å². The molecule has 7 heteroatoms. The molecule has 3 aromatic carbocycles. The van der Waals surface area contributed by atoms with Crippen LogP contribution in [0.4, 0.5) is 5.69 Å². The zero-order valence-electron chi connectivity index (χ0n) is 18.5. The van der Waals surface area contributed by atoms with E-state index in [9.17, 15) is 9.00 Å². The van der Waals surface area contributed by atoms with E-state index in [2.05, 4.69) is 10.0 Å². The summed E-state index contributed by atoms with van der Waals surface area (Å²) in [5.41, 5.74) is 4.23. The fraction of sp³-hybridized carbons (Fsp3) is 0.154. The zero-order chi connectivity index (χ0) is 23.5. The van der Waals surface area contributed by atoms with E-state index in [4.69, 9.17) is 9.68 Å². The van der Waals surface area contributed by atoms with Crippen molar-refractivity contribution in [2.75, 3.05) is 5.32 Å². The second-order valence-corrected chi connectivity index (χ2v) is 9.01.